The molecule has 190 valence electrons. The molecule has 0 aliphatic heterocycles. The number of rotatable bonds is 9. The average molecular weight is 537 g/mol. The number of carbonyl (C=O) groups is 2. The van der Waals surface area contributed by atoms with Crippen LogP contribution in [-0.4, -0.2) is 35.2 Å². The highest BCUT2D eigenvalue weighted by atomic mass is 35.5. The molecule has 3 N–H and O–H groups in total. The quantitative estimate of drug-likeness (QED) is 0.196. The van der Waals surface area contributed by atoms with Crippen molar-refractivity contribution in [1.29, 1.82) is 0 Å². The summed E-state index contributed by atoms with van der Waals surface area (Å²) in [6, 6.07) is 21.1. The van der Waals surface area contributed by atoms with E-state index in [-0.39, 0.29) is 11.4 Å². The van der Waals surface area contributed by atoms with Crippen LogP contribution in [0.3, 0.4) is 0 Å². The summed E-state index contributed by atoms with van der Waals surface area (Å²) in [5.74, 6) is -0.613. The Bertz CT molecular complexity index is 1440. The van der Waals surface area contributed by atoms with E-state index in [1.807, 2.05) is 61.5 Å². The van der Waals surface area contributed by atoms with Gasteiger partial charge in [0.25, 0.3) is 11.8 Å². The molecule has 7 nitrogen and oxygen atoms in total. The van der Waals surface area contributed by atoms with Crippen molar-refractivity contribution in [2.24, 2.45) is 5.10 Å². The molecule has 1 aromatic heterocycles. The third kappa shape index (κ3) is 6.70. The zero-order valence-electron chi connectivity index (χ0n) is 20.3. The number of nitrogens with one attached hydrogen (secondary N) is 3. The lowest BCUT2D eigenvalue weighted by Gasteiger charge is -2.21. The van der Waals surface area contributed by atoms with Gasteiger partial charge >= 0.3 is 0 Å². The average Bonchev–Trinajstić information content (AvgIpc) is 3.20. The fourth-order valence-corrected chi connectivity index (χ4v) is 4.32. The Labute approximate surface area is 224 Å². The molecule has 4 aromatic rings. The van der Waals surface area contributed by atoms with Gasteiger partial charge in [0.15, 0.2) is 6.10 Å². The van der Waals surface area contributed by atoms with Crippen molar-refractivity contribution in [3.63, 3.8) is 0 Å². The fourth-order valence-electron chi connectivity index (χ4n) is 3.87. The van der Waals surface area contributed by atoms with E-state index in [0.717, 1.165) is 27.7 Å². The summed E-state index contributed by atoms with van der Waals surface area (Å²) in [4.78, 5) is 29.4. The van der Waals surface area contributed by atoms with Crippen LogP contribution in [0.5, 0.6) is 5.75 Å². The van der Waals surface area contributed by atoms with Crippen LogP contribution in [0.15, 0.2) is 77.9 Å². The Morgan fingerprint density at radius 3 is 2.51 bits per heavy atom. The molecule has 2 atom stereocenters. The largest absolute Gasteiger partial charge is 0.479 e. The Morgan fingerprint density at radius 1 is 1.03 bits per heavy atom. The summed E-state index contributed by atoms with van der Waals surface area (Å²) in [5, 5.41) is 8.69. The van der Waals surface area contributed by atoms with Crippen LogP contribution in [0.2, 0.25) is 10.0 Å². The van der Waals surface area contributed by atoms with E-state index in [0.29, 0.717) is 10.8 Å². The number of hydrogen-bond donors (Lipinski definition) is 3. The molecule has 0 fully saturated rings. The van der Waals surface area contributed by atoms with E-state index in [1.165, 1.54) is 6.07 Å². The van der Waals surface area contributed by atoms with Gasteiger partial charge in [0.05, 0.1) is 11.2 Å². The van der Waals surface area contributed by atoms with Crippen molar-refractivity contribution >= 4 is 52.1 Å². The number of hydrazone groups is 1. The number of hydrogen-bond acceptors (Lipinski definition) is 4. The maximum Gasteiger partial charge on any atom is 0.262 e. The first-order valence-corrected chi connectivity index (χ1v) is 12.4. The highest BCUT2D eigenvalue weighted by Crippen LogP contribution is 2.28. The zero-order valence-corrected chi connectivity index (χ0v) is 21.8. The zero-order chi connectivity index (χ0) is 26.4. The minimum atomic E-state index is -0.915. The fraction of sp³-hybridized carbons (Fsp3) is 0.179. The van der Waals surface area contributed by atoms with E-state index in [2.05, 4.69) is 20.8 Å². The minimum Gasteiger partial charge on any atom is -0.479 e. The normalized spacial score (nSPS) is 12.9. The number of amides is 2. The van der Waals surface area contributed by atoms with Crippen LogP contribution in [-0.2, 0) is 16.0 Å². The van der Waals surface area contributed by atoms with Gasteiger partial charge in [-0.25, -0.2) is 5.43 Å². The molecule has 0 saturated heterocycles. The monoisotopic (exact) mass is 536 g/mol. The number of nitrogens with zero attached hydrogens (tertiary/aromatic N) is 1. The van der Waals surface area contributed by atoms with Crippen LogP contribution in [0.25, 0.3) is 10.9 Å². The van der Waals surface area contributed by atoms with Gasteiger partial charge in [-0.15, -0.1) is 0 Å². The first-order chi connectivity index (χ1) is 17.8. The van der Waals surface area contributed by atoms with Crippen LogP contribution < -0.4 is 15.5 Å². The Kier molecular flexibility index (Phi) is 8.48. The number of aryl methyl sites for hydroxylation is 1. The SMILES string of the molecule is Cc1[nH]c2ccccc2c1/C=N\NC(=O)[C@@H](Cc1ccccc1)NC(=O)[C@H](C)Oc1ccc(Cl)cc1Cl. The smallest absolute Gasteiger partial charge is 0.262 e. The predicted molar refractivity (Wildman–Crippen MR) is 147 cm³/mol. The van der Waals surface area contributed by atoms with Crippen molar-refractivity contribution in [2.75, 3.05) is 0 Å². The molecule has 0 bridgehead atoms. The molecule has 0 unspecified atom stereocenters. The van der Waals surface area contributed by atoms with E-state index in [4.69, 9.17) is 27.9 Å². The van der Waals surface area contributed by atoms with Gasteiger partial charge in [-0.05, 0) is 43.7 Å². The Hall–Kier alpha value is -3.81. The maximum absolute atomic E-state index is 13.1. The van der Waals surface area contributed by atoms with Crippen molar-refractivity contribution in [3.8, 4) is 5.75 Å². The molecule has 0 radical (unpaired) electrons. The van der Waals surface area contributed by atoms with E-state index >= 15 is 0 Å². The first kappa shape index (κ1) is 26.3. The molecule has 3 aromatic carbocycles. The van der Waals surface area contributed by atoms with Crippen molar-refractivity contribution in [2.45, 2.75) is 32.4 Å². The summed E-state index contributed by atoms with van der Waals surface area (Å²) in [5.41, 5.74) is 6.24. The molecule has 4 rings (SSSR count). The highest BCUT2D eigenvalue weighted by Gasteiger charge is 2.25. The van der Waals surface area contributed by atoms with Crippen LogP contribution in [0.1, 0.15) is 23.7 Å². The molecular formula is C28H26Cl2N4O3. The van der Waals surface area contributed by atoms with Crippen LogP contribution in [0.4, 0.5) is 0 Å². The van der Waals surface area contributed by atoms with Gasteiger partial charge in [-0.2, -0.15) is 5.10 Å². The lowest BCUT2D eigenvalue weighted by Crippen LogP contribution is -2.50. The number of para-hydroxylation sites is 1. The number of H-pyrrole nitrogens is 1. The molecule has 0 spiro atoms. The number of benzene rings is 3. The second-order valence-corrected chi connectivity index (χ2v) is 9.37. The number of fused-ring (bicyclic) bond motifs is 1. The maximum atomic E-state index is 13.1. The molecule has 0 aliphatic rings. The Balaban J connectivity index is 1.47. The van der Waals surface area contributed by atoms with Crippen molar-refractivity contribution < 1.29 is 14.3 Å². The molecular weight excluding hydrogens is 511 g/mol. The predicted octanol–water partition coefficient (Wildman–Crippen LogP) is 5.43. The lowest BCUT2D eigenvalue weighted by molar-refractivity contribution is -0.132. The van der Waals surface area contributed by atoms with Gasteiger partial charge in [-0.1, -0.05) is 71.7 Å². The number of carbonyl (C=O) groups excluding carboxylic acids is 2. The minimum absolute atomic E-state index is 0.272. The molecule has 1 heterocycles. The molecule has 9 heteroatoms. The van der Waals surface area contributed by atoms with Gasteiger partial charge in [0.2, 0.25) is 0 Å². The topological polar surface area (TPSA) is 95.6 Å². The number of aromatic nitrogens is 1. The summed E-state index contributed by atoms with van der Waals surface area (Å²) < 4.78 is 5.71. The molecule has 0 aliphatic carbocycles. The highest BCUT2D eigenvalue weighted by molar-refractivity contribution is 6.35. The van der Waals surface area contributed by atoms with Crippen molar-refractivity contribution in [1.82, 2.24) is 15.7 Å². The second kappa shape index (κ2) is 12.0. The summed E-state index contributed by atoms with van der Waals surface area (Å²) in [7, 11) is 0. The van der Waals surface area contributed by atoms with Crippen LogP contribution >= 0.6 is 23.2 Å². The number of ether oxygens (including phenoxy) is 1. The standard InChI is InChI=1S/C28H26Cl2N4O3/c1-17-22(21-10-6-7-11-24(21)32-17)16-31-34-28(36)25(14-19-8-4-3-5-9-19)33-27(35)18(2)37-26-13-12-20(29)15-23(26)30/h3-13,15-16,18,25,32H,14H2,1-2H3,(H,33,35)(H,34,36)/b31-16-/t18-,25+/m0/s1. The third-order valence-corrected chi connectivity index (χ3v) is 6.32. The van der Waals surface area contributed by atoms with E-state index in [9.17, 15) is 9.59 Å². The van der Waals surface area contributed by atoms with Gasteiger partial charge in [-0.3, -0.25) is 9.59 Å². The number of aromatic amines is 1. The van der Waals surface area contributed by atoms with Gasteiger partial charge in [0, 0.05) is 33.6 Å². The lowest BCUT2D eigenvalue weighted by atomic mass is 10.1. The summed E-state index contributed by atoms with van der Waals surface area (Å²) >= 11 is 12.1. The molecule has 37 heavy (non-hydrogen) atoms. The summed E-state index contributed by atoms with van der Waals surface area (Å²) in [6.07, 6.45) is 0.957. The first-order valence-electron chi connectivity index (χ1n) is 11.7. The molecule has 0 saturated carbocycles. The van der Waals surface area contributed by atoms with E-state index in [1.54, 1.807) is 25.3 Å². The number of halogens is 2. The second-order valence-electron chi connectivity index (χ2n) is 8.53. The molecule has 2 amide bonds. The van der Waals surface area contributed by atoms with Crippen molar-refractivity contribution in [3.05, 3.63) is 99.7 Å². The van der Waals surface area contributed by atoms with Gasteiger partial charge in [0.1, 0.15) is 11.8 Å². The van der Waals surface area contributed by atoms with Gasteiger partial charge < -0.3 is 15.0 Å². The Morgan fingerprint density at radius 2 is 1.76 bits per heavy atom. The van der Waals surface area contributed by atoms with Crippen LogP contribution in [0, 0.1) is 6.92 Å². The third-order valence-electron chi connectivity index (χ3n) is 5.79. The van der Waals surface area contributed by atoms with E-state index < -0.39 is 24.0 Å². The summed E-state index contributed by atoms with van der Waals surface area (Å²) in [6.45, 7) is 3.52.